The first-order chi connectivity index (χ1) is 36.7. The molecule has 0 atom stereocenters. The standard InChI is InChI=1S/C72H52N2/c1-7-19-53(20-8-1)58-31-33-64(34-32-58)70-51-69(63-29-17-6-18-30-63)71(73(65-43-35-59(36-44-65)54-21-9-2-10-22-54)66-45-37-60(38-46-66)55-23-11-3-12-24-55)52-72(70)74(67-47-39-61(40-48-67)56-25-13-4-14-26-56)68-49-41-62(42-50-68)57-27-15-5-16-28-57/h1-52H. The lowest BCUT2D eigenvalue weighted by molar-refractivity contribution is 1.25. The largest absolute Gasteiger partial charge is 0.310 e. The fourth-order valence-electron chi connectivity index (χ4n) is 10.1. The van der Waals surface area contributed by atoms with E-state index in [1.54, 1.807) is 0 Å². The van der Waals surface area contributed by atoms with E-state index in [0.29, 0.717) is 0 Å². The fraction of sp³-hybridized carbons (Fsp3) is 0. The Bertz CT molecular complexity index is 3570. The normalized spacial score (nSPS) is 11.0. The van der Waals surface area contributed by atoms with E-state index in [1.807, 2.05) is 0 Å². The SMILES string of the molecule is c1ccc(-c2ccc(-c3cc(-c4ccccc4)c(N(c4ccc(-c5ccccc5)cc4)c4ccc(-c5ccccc5)cc4)cc3N(c3ccc(-c4ccccc4)cc3)c3ccc(-c4ccccc4)cc3)cc2)cc1. The van der Waals surface area contributed by atoms with Crippen molar-refractivity contribution in [3.05, 3.63) is 315 Å². The summed E-state index contributed by atoms with van der Waals surface area (Å²) in [5.74, 6) is 0. The molecule has 0 aliphatic rings. The molecule has 0 spiro atoms. The zero-order chi connectivity index (χ0) is 49.5. The summed E-state index contributed by atoms with van der Waals surface area (Å²) in [6.07, 6.45) is 0. The van der Waals surface area contributed by atoms with E-state index in [0.717, 1.165) is 78.6 Å². The summed E-state index contributed by atoms with van der Waals surface area (Å²) in [4.78, 5) is 4.88. The van der Waals surface area contributed by atoms with Crippen LogP contribution in [-0.4, -0.2) is 0 Å². The van der Waals surface area contributed by atoms with Crippen LogP contribution in [-0.2, 0) is 0 Å². The van der Waals surface area contributed by atoms with Crippen molar-refractivity contribution in [2.24, 2.45) is 0 Å². The number of anilines is 6. The topological polar surface area (TPSA) is 6.48 Å². The Hall–Kier alpha value is -9.76. The van der Waals surface area contributed by atoms with E-state index in [1.165, 1.54) is 33.4 Å². The molecule has 12 aromatic rings. The minimum atomic E-state index is 1.04. The second-order valence-electron chi connectivity index (χ2n) is 18.5. The fourth-order valence-corrected chi connectivity index (χ4v) is 10.1. The maximum atomic E-state index is 2.44. The van der Waals surface area contributed by atoms with Crippen molar-refractivity contribution in [1.82, 2.24) is 0 Å². The molecule has 74 heavy (non-hydrogen) atoms. The third-order valence-electron chi connectivity index (χ3n) is 13.9. The van der Waals surface area contributed by atoms with Gasteiger partial charge in [0.05, 0.1) is 11.4 Å². The summed E-state index contributed by atoms with van der Waals surface area (Å²) in [7, 11) is 0. The van der Waals surface area contributed by atoms with Gasteiger partial charge in [-0.15, -0.1) is 0 Å². The lowest BCUT2D eigenvalue weighted by atomic mass is 9.92. The van der Waals surface area contributed by atoms with Crippen molar-refractivity contribution in [3.63, 3.8) is 0 Å². The van der Waals surface area contributed by atoms with Crippen LogP contribution in [0.25, 0.3) is 77.9 Å². The molecule has 0 aliphatic heterocycles. The van der Waals surface area contributed by atoms with Crippen LogP contribution >= 0.6 is 0 Å². The van der Waals surface area contributed by atoms with Crippen molar-refractivity contribution in [3.8, 4) is 77.9 Å². The zero-order valence-corrected chi connectivity index (χ0v) is 40.9. The van der Waals surface area contributed by atoms with Crippen LogP contribution in [0, 0.1) is 0 Å². The first-order valence-electron chi connectivity index (χ1n) is 25.3. The smallest absolute Gasteiger partial charge is 0.0561 e. The molecule has 0 amide bonds. The molecule has 0 saturated carbocycles. The molecular weight excluding hydrogens is 893 g/mol. The summed E-state index contributed by atoms with van der Waals surface area (Å²) >= 11 is 0. The predicted molar refractivity (Wildman–Crippen MR) is 314 cm³/mol. The predicted octanol–water partition coefficient (Wildman–Crippen LogP) is 20.3. The minimum Gasteiger partial charge on any atom is -0.310 e. The van der Waals surface area contributed by atoms with Gasteiger partial charge in [0.1, 0.15) is 0 Å². The van der Waals surface area contributed by atoms with Gasteiger partial charge in [0.2, 0.25) is 0 Å². The average Bonchev–Trinajstić information content (AvgIpc) is 3.52. The van der Waals surface area contributed by atoms with Gasteiger partial charge >= 0.3 is 0 Å². The van der Waals surface area contributed by atoms with Crippen molar-refractivity contribution in [2.75, 3.05) is 9.80 Å². The highest BCUT2D eigenvalue weighted by Crippen LogP contribution is 2.50. The molecule has 0 heterocycles. The molecule has 12 aromatic carbocycles. The van der Waals surface area contributed by atoms with Crippen molar-refractivity contribution in [1.29, 1.82) is 0 Å². The minimum absolute atomic E-state index is 1.04. The van der Waals surface area contributed by atoms with Crippen molar-refractivity contribution < 1.29 is 0 Å². The van der Waals surface area contributed by atoms with Crippen molar-refractivity contribution in [2.45, 2.75) is 0 Å². The Morgan fingerprint density at radius 1 is 0.149 bits per heavy atom. The third-order valence-corrected chi connectivity index (χ3v) is 13.9. The van der Waals surface area contributed by atoms with Gasteiger partial charge in [-0.1, -0.05) is 255 Å². The lowest BCUT2D eigenvalue weighted by Gasteiger charge is -2.33. The van der Waals surface area contributed by atoms with Crippen LogP contribution in [0.2, 0.25) is 0 Å². The number of rotatable bonds is 13. The maximum absolute atomic E-state index is 2.44. The Balaban J connectivity index is 1.12. The second-order valence-corrected chi connectivity index (χ2v) is 18.5. The van der Waals surface area contributed by atoms with E-state index in [4.69, 9.17) is 0 Å². The van der Waals surface area contributed by atoms with Gasteiger partial charge < -0.3 is 9.80 Å². The van der Waals surface area contributed by atoms with Gasteiger partial charge in [0, 0.05) is 33.9 Å². The van der Waals surface area contributed by atoms with Crippen LogP contribution in [0.15, 0.2) is 315 Å². The summed E-state index contributed by atoms with van der Waals surface area (Å²) in [6, 6.07) is 114. The molecule has 0 bridgehead atoms. The number of nitrogens with zero attached hydrogens (tertiary/aromatic N) is 2. The van der Waals surface area contributed by atoms with Gasteiger partial charge in [0.25, 0.3) is 0 Å². The molecule has 0 fully saturated rings. The molecular formula is C72H52N2. The molecule has 350 valence electrons. The molecule has 0 N–H and O–H groups in total. The van der Waals surface area contributed by atoms with Gasteiger partial charge in [-0.05, 0) is 127 Å². The molecule has 2 heteroatoms. The molecule has 0 aliphatic carbocycles. The Kier molecular flexibility index (Phi) is 12.8. The molecule has 0 saturated heterocycles. The summed E-state index contributed by atoms with van der Waals surface area (Å²) in [5.41, 5.74) is 22.4. The van der Waals surface area contributed by atoms with Crippen LogP contribution < -0.4 is 9.80 Å². The number of benzene rings is 12. The Morgan fingerprint density at radius 2 is 0.324 bits per heavy atom. The lowest BCUT2D eigenvalue weighted by Crippen LogP contribution is -2.15. The third kappa shape index (κ3) is 9.56. The summed E-state index contributed by atoms with van der Waals surface area (Å²) in [5, 5.41) is 0. The van der Waals surface area contributed by atoms with Crippen LogP contribution in [0.1, 0.15) is 0 Å². The van der Waals surface area contributed by atoms with Gasteiger partial charge in [-0.25, -0.2) is 0 Å². The molecule has 2 nitrogen and oxygen atoms in total. The van der Waals surface area contributed by atoms with Gasteiger partial charge in [-0.2, -0.15) is 0 Å². The first-order valence-corrected chi connectivity index (χ1v) is 25.3. The highest BCUT2D eigenvalue weighted by atomic mass is 15.2. The van der Waals surface area contributed by atoms with E-state index in [9.17, 15) is 0 Å². The second kappa shape index (κ2) is 20.9. The average molecular weight is 945 g/mol. The quantitative estimate of drug-likeness (QED) is 0.114. The van der Waals surface area contributed by atoms with Gasteiger partial charge in [0.15, 0.2) is 0 Å². The van der Waals surface area contributed by atoms with Crippen molar-refractivity contribution >= 4 is 34.1 Å². The molecule has 0 radical (unpaired) electrons. The maximum Gasteiger partial charge on any atom is 0.0561 e. The Labute approximate surface area is 435 Å². The highest BCUT2D eigenvalue weighted by Gasteiger charge is 2.25. The first kappa shape index (κ1) is 45.4. The van der Waals surface area contributed by atoms with E-state index >= 15 is 0 Å². The number of hydrogen-bond acceptors (Lipinski definition) is 2. The highest BCUT2D eigenvalue weighted by molar-refractivity contribution is 5.99. The number of hydrogen-bond donors (Lipinski definition) is 0. The molecule has 0 unspecified atom stereocenters. The van der Waals surface area contributed by atoms with Crippen LogP contribution in [0.3, 0.4) is 0 Å². The summed E-state index contributed by atoms with van der Waals surface area (Å²) in [6.45, 7) is 0. The van der Waals surface area contributed by atoms with E-state index in [2.05, 4.69) is 325 Å². The van der Waals surface area contributed by atoms with E-state index in [-0.39, 0.29) is 0 Å². The van der Waals surface area contributed by atoms with E-state index < -0.39 is 0 Å². The van der Waals surface area contributed by atoms with Crippen LogP contribution in [0.5, 0.6) is 0 Å². The van der Waals surface area contributed by atoms with Crippen LogP contribution in [0.4, 0.5) is 34.1 Å². The molecule has 12 rings (SSSR count). The monoisotopic (exact) mass is 944 g/mol. The Morgan fingerprint density at radius 3 is 0.568 bits per heavy atom. The van der Waals surface area contributed by atoms with Gasteiger partial charge in [-0.3, -0.25) is 0 Å². The summed E-state index contributed by atoms with van der Waals surface area (Å²) < 4.78 is 0. The molecule has 0 aromatic heterocycles. The zero-order valence-electron chi connectivity index (χ0n) is 40.9.